The largest absolute Gasteiger partial charge is 0.347 e. The van der Waals surface area contributed by atoms with Crippen LogP contribution in [0.1, 0.15) is 17.7 Å². The zero-order chi connectivity index (χ0) is 12.4. The van der Waals surface area contributed by atoms with E-state index in [9.17, 15) is 0 Å². The molecule has 0 unspecified atom stereocenters. The summed E-state index contributed by atoms with van der Waals surface area (Å²) >= 11 is 3.54. The first kappa shape index (κ1) is 12.7. The van der Waals surface area contributed by atoms with Gasteiger partial charge in [0.05, 0.1) is 0 Å². The first-order valence-corrected chi connectivity index (χ1v) is 6.82. The fourth-order valence-corrected chi connectivity index (χ4v) is 2.80. The highest BCUT2D eigenvalue weighted by Gasteiger charge is 2.11. The molecule has 0 saturated carbocycles. The van der Waals surface area contributed by atoms with Crippen molar-refractivity contribution in [3.05, 3.63) is 33.9 Å². The van der Waals surface area contributed by atoms with Crippen molar-refractivity contribution < 1.29 is 0 Å². The summed E-state index contributed by atoms with van der Waals surface area (Å²) in [5.41, 5.74) is 4.19. The zero-order valence-electron chi connectivity index (χ0n) is 10.7. The van der Waals surface area contributed by atoms with Gasteiger partial charge in [0.15, 0.2) is 0 Å². The molecule has 1 N–H and O–H groups in total. The fraction of sp³-hybridized carbons (Fsp3) is 0.429. The van der Waals surface area contributed by atoms with E-state index in [0.29, 0.717) is 0 Å². The van der Waals surface area contributed by atoms with Crippen LogP contribution in [-0.4, -0.2) is 18.2 Å². The SMILES string of the molecule is CNCCCc1c(C)c2cc(Br)ccc2n1C. The van der Waals surface area contributed by atoms with Crippen molar-refractivity contribution in [2.24, 2.45) is 7.05 Å². The van der Waals surface area contributed by atoms with Crippen LogP contribution in [0.5, 0.6) is 0 Å². The average molecular weight is 295 g/mol. The number of aromatic nitrogens is 1. The molecule has 0 bridgehead atoms. The monoisotopic (exact) mass is 294 g/mol. The highest BCUT2D eigenvalue weighted by atomic mass is 79.9. The zero-order valence-corrected chi connectivity index (χ0v) is 12.3. The van der Waals surface area contributed by atoms with Gasteiger partial charge in [0.25, 0.3) is 0 Å². The minimum atomic E-state index is 1.07. The van der Waals surface area contributed by atoms with Gasteiger partial charge in [-0.15, -0.1) is 0 Å². The molecule has 0 aliphatic heterocycles. The van der Waals surface area contributed by atoms with Crippen LogP contribution in [-0.2, 0) is 13.5 Å². The van der Waals surface area contributed by atoms with Gasteiger partial charge in [0.1, 0.15) is 0 Å². The van der Waals surface area contributed by atoms with Crippen molar-refractivity contribution in [1.29, 1.82) is 0 Å². The van der Waals surface area contributed by atoms with Crippen molar-refractivity contribution >= 4 is 26.8 Å². The normalized spacial score (nSPS) is 11.3. The van der Waals surface area contributed by atoms with E-state index >= 15 is 0 Å². The quantitative estimate of drug-likeness (QED) is 0.855. The Kier molecular flexibility index (Phi) is 3.89. The Morgan fingerprint density at radius 2 is 2.12 bits per heavy atom. The Labute approximate surface area is 111 Å². The lowest BCUT2D eigenvalue weighted by Gasteiger charge is -2.05. The van der Waals surface area contributed by atoms with Crippen molar-refractivity contribution in [3.8, 4) is 0 Å². The molecule has 17 heavy (non-hydrogen) atoms. The maximum Gasteiger partial charge on any atom is 0.0483 e. The Morgan fingerprint density at radius 1 is 1.35 bits per heavy atom. The molecular weight excluding hydrogens is 276 g/mol. The summed E-state index contributed by atoms with van der Waals surface area (Å²) in [4.78, 5) is 0. The fourth-order valence-electron chi connectivity index (χ4n) is 2.44. The number of fused-ring (bicyclic) bond motifs is 1. The van der Waals surface area contributed by atoms with Crippen LogP contribution < -0.4 is 5.32 Å². The van der Waals surface area contributed by atoms with E-state index in [1.807, 2.05) is 7.05 Å². The van der Waals surface area contributed by atoms with E-state index in [1.165, 1.54) is 28.6 Å². The van der Waals surface area contributed by atoms with Crippen LogP contribution in [0.2, 0.25) is 0 Å². The predicted octanol–water partition coefficient (Wildman–Crippen LogP) is 3.40. The molecule has 0 radical (unpaired) electrons. The van der Waals surface area contributed by atoms with Crippen LogP contribution in [0.25, 0.3) is 10.9 Å². The van der Waals surface area contributed by atoms with E-state index in [4.69, 9.17) is 0 Å². The van der Waals surface area contributed by atoms with E-state index < -0.39 is 0 Å². The lowest BCUT2D eigenvalue weighted by atomic mass is 10.1. The molecule has 1 heterocycles. The highest BCUT2D eigenvalue weighted by molar-refractivity contribution is 9.10. The summed E-state index contributed by atoms with van der Waals surface area (Å²) in [6.07, 6.45) is 2.32. The molecule has 2 nitrogen and oxygen atoms in total. The minimum absolute atomic E-state index is 1.07. The molecule has 0 saturated heterocycles. The summed E-state index contributed by atoms with van der Waals surface area (Å²) in [6, 6.07) is 6.51. The van der Waals surface area contributed by atoms with Gasteiger partial charge in [-0.05, 0) is 57.1 Å². The van der Waals surface area contributed by atoms with Gasteiger partial charge < -0.3 is 9.88 Å². The smallest absolute Gasteiger partial charge is 0.0483 e. The molecule has 0 amide bonds. The number of nitrogens with zero attached hydrogens (tertiary/aromatic N) is 1. The number of aryl methyl sites for hydroxylation is 2. The highest BCUT2D eigenvalue weighted by Crippen LogP contribution is 2.28. The second kappa shape index (κ2) is 5.23. The van der Waals surface area contributed by atoms with Gasteiger partial charge in [-0.3, -0.25) is 0 Å². The van der Waals surface area contributed by atoms with Crippen molar-refractivity contribution in [1.82, 2.24) is 9.88 Å². The third-order valence-corrected chi connectivity index (χ3v) is 3.90. The van der Waals surface area contributed by atoms with Gasteiger partial charge in [-0.2, -0.15) is 0 Å². The molecule has 0 spiro atoms. The van der Waals surface area contributed by atoms with Crippen LogP contribution >= 0.6 is 15.9 Å². The molecule has 0 fully saturated rings. The maximum atomic E-state index is 3.54. The van der Waals surface area contributed by atoms with Crippen LogP contribution in [0, 0.1) is 6.92 Å². The third kappa shape index (κ3) is 2.40. The van der Waals surface area contributed by atoms with E-state index in [2.05, 4.69) is 58.0 Å². The topological polar surface area (TPSA) is 17.0 Å². The lowest BCUT2D eigenvalue weighted by Crippen LogP contribution is -2.09. The van der Waals surface area contributed by atoms with Gasteiger partial charge in [0, 0.05) is 28.1 Å². The van der Waals surface area contributed by atoms with E-state index in [1.54, 1.807) is 0 Å². The summed E-state index contributed by atoms with van der Waals surface area (Å²) in [5, 5.41) is 4.57. The molecule has 2 rings (SSSR count). The number of halogens is 1. The average Bonchev–Trinajstić information content (AvgIpc) is 2.54. The van der Waals surface area contributed by atoms with Gasteiger partial charge in [-0.1, -0.05) is 15.9 Å². The second-order valence-electron chi connectivity index (χ2n) is 4.50. The van der Waals surface area contributed by atoms with Crippen LogP contribution in [0.3, 0.4) is 0 Å². The number of hydrogen-bond acceptors (Lipinski definition) is 1. The summed E-state index contributed by atoms with van der Waals surface area (Å²) in [7, 11) is 4.17. The van der Waals surface area contributed by atoms with Crippen molar-refractivity contribution in [2.45, 2.75) is 19.8 Å². The van der Waals surface area contributed by atoms with E-state index in [0.717, 1.165) is 17.4 Å². The van der Waals surface area contributed by atoms with Crippen LogP contribution in [0.15, 0.2) is 22.7 Å². The van der Waals surface area contributed by atoms with Gasteiger partial charge in [0.2, 0.25) is 0 Å². The molecule has 2 aromatic rings. The van der Waals surface area contributed by atoms with Gasteiger partial charge in [-0.25, -0.2) is 0 Å². The predicted molar refractivity (Wildman–Crippen MR) is 77.6 cm³/mol. The molecule has 0 aliphatic carbocycles. The van der Waals surface area contributed by atoms with Crippen LogP contribution in [0.4, 0.5) is 0 Å². The Bertz CT molecular complexity index is 528. The Hall–Kier alpha value is -0.800. The summed E-state index contributed by atoms with van der Waals surface area (Å²) in [6.45, 7) is 3.30. The summed E-state index contributed by atoms with van der Waals surface area (Å²) in [5.74, 6) is 0. The second-order valence-corrected chi connectivity index (χ2v) is 5.41. The molecule has 3 heteroatoms. The maximum absolute atomic E-state index is 3.54. The number of hydrogen-bond donors (Lipinski definition) is 1. The number of rotatable bonds is 4. The lowest BCUT2D eigenvalue weighted by molar-refractivity contribution is 0.696. The molecule has 0 aliphatic rings. The van der Waals surface area contributed by atoms with Crippen molar-refractivity contribution in [3.63, 3.8) is 0 Å². The number of benzene rings is 1. The summed E-state index contributed by atoms with van der Waals surface area (Å²) < 4.78 is 3.48. The van der Waals surface area contributed by atoms with Gasteiger partial charge >= 0.3 is 0 Å². The minimum Gasteiger partial charge on any atom is -0.347 e. The molecule has 1 aromatic heterocycles. The molecule has 1 aromatic carbocycles. The first-order chi connectivity index (χ1) is 8.15. The van der Waals surface area contributed by atoms with Crippen molar-refractivity contribution in [2.75, 3.05) is 13.6 Å². The third-order valence-electron chi connectivity index (χ3n) is 3.40. The first-order valence-electron chi connectivity index (χ1n) is 6.03. The molecular formula is C14H19BrN2. The Balaban J connectivity index is 2.42. The standard InChI is InChI=1S/C14H19BrN2/c1-10-12-9-11(15)6-7-14(12)17(3)13(10)5-4-8-16-2/h6-7,9,16H,4-5,8H2,1-3H3. The Morgan fingerprint density at radius 3 is 2.82 bits per heavy atom. The molecule has 92 valence electrons. The number of nitrogens with one attached hydrogen (secondary N) is 1. The van der Waals surface area contributed by atoms with E-state index in [-0.39, 0.29) is 0 Å². The molecule has 0 atom stereocenters.